The van der Waals surface area contributed by atoms with E-state index in [4.69, 9.17) is 0 Å². The van der Waals surface area contributed by atoms with Crippen LogP contribution < -0.4 is 10.6 Å². The Balaban J connectivity index is 1.65. The van der Waals surface area contributed by atoms with Crippen LogP contribution >= 0.6 is 0 Å². The summed E-state index contributed by atoms with van der Waals surface area (Å²) in [6.07, 6.45) is 0.170. The van der Waals surface area contributed by atoms with E-state index in [0.717, 1.165) is 5.56 Å². The van der Waals surface area contributed by atoms with Gasteiger partial charge in [-0.2, -0.15) is 0 Å². The van der Waals surface area contributed by atoms with E-state index in [-0.39, 0.29) is 42.5 Å². The fraction of sp³-hybridized carbons (Fsp3) is 0.318. The highest BCUT2D eigenvalue weighted by Crippen LogP contribution is 2.23. The molecule has 6 nitrogen and oxygen atoms in total. The van der Waals surface area contributed by atoms with Gasteiger partial charge in [-0.05, 0) is 43.7 Å². The first-order valence-electron chi connectivity index (χ1n) is 9.57. The first-order valence-corrected chi connectivity index (χ1v) is 9.57. The third kappa shape index (κ3) is 4.99. The van der Waals surface area contributed by atoms with Crippen molar-refractivity contribution < 1.29 is 18.8 Å². The molecule has 1 unspecified atom stereocenters. The molecule has 29 heavy (non-hydrogen) atoms. The SMILES string of the molecule is CC(C)N1CC(C(=O)Nc2ccccc2C(=O)NCc2ccc(F)cc2)CC1=O. The van der Waals surface area contributed by atoms with Gasteiger partial charge in [-0.15, -0.1) is 0 Å². The molecule has 0 aromatic heterocycles. The monoisotopic (exact) mass is 397 g/mol. The van der Waals surface area contributed by atoms with E-state index in [1.165, 1.54) is 12.1 Å². The molecule has 7 heteroatoms. The van der Waals surface area contributed by atoms with Gasteiger partial charge in [0.1, 0.15) is 5.82 Å². The van der Waals surface area contributed by atoms with Crippen LogP contribution in [0, 0.1) is 11.7 Å². The van der Waals surface area contributed by atoms with Gasteiger partial charge in [0, 0.05) is 25.6 Å². The Bertz CT molecular complexity index is 912. The van der Waals surface area contributed by atoms with E-state index in [1.54, 1.807) is 41.3 Å². The molecule has 0 radical (unpaired) electrons. The Morgan fingerprint density at radius 3 is 2.48 bits per heavy atom. The molecule has 0 aliphatic carbocycles. The number of amides is 3. The molecule has 2 N–H and O–H groups in total. The number of rotatable bonds is 6. The van der Waals surface area contributed by atoms with Crippen molar-refractivity contribution in [1.82, 2.24) is 10.2 Å². The standard InChI is InChI=1S/C22H24FN3O3/c1-14(2)26-13-16(11-20(26)27)21(28)25-19-6-4-3-5-18(19)22(29)24-12-15-7-9-17(23)10-8-15/h3-10,14,16H,11-13H2,1-2H3,(H,24,29)(H,25,28). The Morgan fingerprint density at radius 2 is 1.83 bits per heavy atom. The molecule has 2 aromatic rings. The van der Waals surface area contributed by atoms with Crippen molar-refractivity contribution in [3.63, 3.8) is 0 Å². The van der Waals surface area contributed by atoms with Crippen molar-refractivity contribution in [2.24, 2.45) is 5.92 Å². The number of para-hydroxylation sites is 1. The van der Waals surface area contributed by atoms with Crippen LogP contribution in [0.2, 0.25) is 0 Å². The molecule has 0 spiro atoms. The molecule has 1 aliphatic heterocycles. The summed E-state index contributed by atoms with van der Waals surface area (Å²) < 4.78 is 13.0. The minimum atomic E-state index is -0.444. The second kappa shape index (κ2) is 8.86. The summed E-state index contributed by atoms with van der Waals surface area (Å²) >= 11 is 0. The second-order valence-corrected chi connectivity index (χ2v) is 7.38. The van der Waals surface area contributed by atoms with Crippen molar-refractivity contribution in [1.29, 1.82) is 0 Å². The highest BCUT2D eigenvalue weighted by Gasteiger charge is 2.35. The third-order valence-corrected chi connectivity index (χ3v) is 4.95. The van der Waals surface area contributed by atoms with Gasteiger partial charge in [-0.3, -0.25) is 14.4 Å². The highest BCUT2D eigenvalue weighted by atomic mass is 19.1. The minimum absolute atomic E-state index is 0.0366. The molecule has 1 atom stereocenters. The molecule has 0 bridgehead atoms. The lowest BCUT2D eigenvalue weighted by Gasteiger charge is -2.20. The van der Waals surface area contributed by atoms with Gasteiger partial charge >= 0.3 is 0 Å². The van der Waals surface area contributed by atoms with Crippen LogP contribution in [0.25, 0.3) is 0 Å². The number of benzene rings is 2. The molecule has 152 valence electrons. The van der Waals surface area contributed by atoms with Crippen molar-refractivity contribution in [2.45, 2.75) is 32.9 Å². The zero-order valence-corrected chi connectivity index (χ0v) is 16.4. The largest absolute Gasteiger partial charge is 0.348 e. The number of carbonyl (C=O) groups is 3. The lowest BCUT2D eigenvalue weighted by molar-refractivity contribution is -0.129. The molecule has 3 rings (SSSR count). The number of likely N-dealkylation sites (tertiary alicyclic amines) is 1. The number of halogens is 1. The molecule has 1 aliphatic rings. The van der Waals surface area contributed by atoms with Crippen LogP contribution in [0.1, 0.15) is 36.2 Å². The van der Waals surface area contributed by atoms with Gasteiger partial charge in [0.05, 0.1) is 17.2 Å². The summed E-state index contributed by atoms with van der Waals surface area (Å²) in [5.74, 6) is -1.45. The highest BCUT2D eigenvalue weighted by molar-refractivity contribution is 6.05. The quantitative estimate of drug-likeness (QED) is 0.787. The summed E-state index contributed by atoms with van der Waals surface area (Å²) in [6, 6.07) is 12.6. The Kier molecular flexibility index (Phi) is 6.26. The van der Waals surface area contributed by atoms with E-state index >= 15 is 0 Å². The molecule has 2 aromatic carbocycles. The fourth-order valence-corrected chi connectivity index (χ4v) is 3.31. The first-order chi connectivity index (χ1) is 13.8. The van der Waals surface area contributed by atoms with Gasteiger partial charge < -0.3 is 15.5 Å². The Hall–Kier alpha value is -3.22. The molecule has 3 amide bonds. The minimum Gasteiger partial charge on any atom is -0.348 e. The molecule has 1 saturated heterocycles. The predicted molar refractivity (Wildman–Crippen MR) is 108 cm³/mol. The normalized spacial score (nSPS) is 16.2. The summed E-state index contributed by atoms with van der Waals surface area (Å²) in [5.41, 5.74) is 1.48. The summed E-state index contributed by atoms with van der Waals surface area (Å²) in [4.78, 5) is 39.0. The van der Waals surface area contributed by atoms with Gasteiger partial charge in [0.15, 0.2) is 0 Å². The van der Waals surface area contributed by atoms with Gasteiger partial charge in [0.2, 0.25) is 11.8 Å². The van der Waals surface area contributed by atoms with Crippen LogP contribution in [-0.2, 0) is 16.1 Å². The zero-order valence-electron chi connectivity index (χ0n) is 16.4. The number of hydrogen-bond acceptors (Lipinski definition) is 3. The molecule has 1 heterocycles. The van der Waals surface area contributed by atoms with E-state index in [9.17, 15) is 18.8 Å². The van der Waals surface area contributed by atoms with Crippen molar-refractivity contribution in [2.75, 3.05) is 11.9 Å². The molecular weight excluding hydrogens is 373 g/mol. The fourth-order valence-electron chi connectivity index (χ4n) is 3.31. The average Bonchev–Trinajstić information content (AvgIpc) is 3.10. The van der Waals surface area contributed by atoms with E-state index < -0.39 is 5.92 Å². The molecule has 0 saturated carbocycles. The summed E-state index contributed by atoms with van der Waals surface area (Å²) in [5, 5.41) is 5.56. The third-order valence-electron chi connectivity index (χ3n) is 4.95. The number of nitrogens with zero attached hydrogens (tertiary/aromatic N) is 1. The van der Waals surface area contributed by atoms with Gasteiger partial charge in [0.25, 0.3) is 5.91 Å². The topological polar surface area (TPSA) is 78.5 Å². The van der Waals surface area contributed by atoms with Crippen LogP contribution in [0.15, 0.2) is 48.5 Å². The van der Waals surface area contributed by atoms with Gasteiger partial charge in [-0.1, -0.05) is 24.3 Å². The first kappa shape index (κ1) is 20.5. The maximum absolute atomic E-state index is 13.0. The predicted octanol–water partition coefficient (Wildman–Crippen LogP) is 2.95. The van der Waals surface area contributed by atoms with Crippen molar-refractivity contribution in [3.05, 3.63) is 65.5 Å². The maximum atomic E-state index is 13.0. The molecule has 1 fully saturated rings. The van der Waals surface area contributed by atoms with Gasteiger partial charge in [-0.25, -0.2) is 4.39 Å². The van der Waals surface area contributed by atoms with Crippen LogP contribution in [0.3, 0.4) is 0 Å². The maximum Gasteiger partial charge on any atom is 0.253 e. The van der Waals surface area contributed by atoms with E-state index in [2.05, 4.69) is 10.6 Å². The van der Waals surface area contributed by atoms with Crippen molar-refractivity contribution in [3.8, 4) is 0 Å². The number of carbonyl (C=O) groups excluding carboxylic acids is 3. The molecular formula is C22H24FN3O3. The smallest absolute Gasteiger partial charge is 0.253 e. The summed E-state index contributed by atoms with van der Waals surface area (Å²) in [7, 11) is 0. The van der Waals surface area contributed by atoms with Crippen molar-refractivity contribution >= 4 is 23.4 Å². The lowest BCUT2D eigenvalue weighted by atomic mass is 10.1. The van der Waals surface area contributed by atoms with E-state index in [0.29, 0.717) is 17.8 Å². The van der Waals surface area contributed by atoms with Crippen LogP contribution in [0.5, 0.6) is 0 Å². The zero-order chi connectivity index (χ0) is 21.0. The average molecular weight is 397 g/mol. The van der Waals surface area contributed by atoms with Crippen LogP contribution in [0.4, 0.5) is 10.1 Å². The number of anilines is 1. The second-order valence-electron chi connectivity index (χ2n) is 7.38. The summed E-state index contributed by atoms with van der Waals surface area (Å²) in [6.45, 7) is 4.45. The lowest BCUT2D eigenvalue weighted by Crippen LogP contribution is -2.33. The number of hydrogen-bond donors (Lipinski definition) is 2. The number of nitrogens with one attached hydrogen (secondary N) is 2. The van der Waals surface area contributed by atoms with Crippen LogP contribution in [-0.4, -0.2) is 35.2 Å². The Morgan fingerprint density at radius 1 is 1.14 bits per heavy atom. The van der Waals surface area contributed by atoms with E-state index in [1.807, 2.05) is 13.8 Å². The Labute approximate surface area is 169 Å².